The van der Waals surface area contributed by atoms with E-state index >= 15 is 0 Å². The number of halogens is 1. The van der Waals surface area contributed by atoms with Crippen molar-refractivity contribution >= 4 is 33.1 Å². The highest BCUT2D eigenvalue weighted by molar-refractivity contribution is 7.18. The number of para-hydroxylation sites is 1. The van der Waals surface area contributed by atoms with Crippen LogP contribution in [0.2, 0.25) is 0 Å². The van der Waals surface area contributed by atoms with Gasteiger partial charge < -0.3 is 10.2 Å². The Balaban J connectivity index is 1.48. The number of thiazole rings is 1. The molecule has 1 saturated heterocycles. The molecule has 1 aliphatic rings. The van der Waals surface area contributed by atoms with E-state index in [0.29, 0.717) is 17.8 Å². The number of hydrogen-bond donors (Lipinski definition) is 2. The number of amides is 1. The lowest BCUT2D eigenvalue weighted by atomic mass is 10.0. The molecule has 0 bridgehead atoms. The number of benzene rings is 2. The van der Waals surface area contributed by atoms with Gasteiger partial charge in [0.2, 0.25) is 0 Å². The number of anilines is 1. The molecule has 4 rings (SSSR count). The number of hydrogen-bond acceptors (Lipinski definition) is 3. The third-order valence-corrected chi connectivity index (χ3v) is 6.34. The number of aromatic nitrogens is 1. The monoisotopic (exact) mass is 384 g/mol. The lowest BCUT2D eigenvalue weighted by molar-refractivity contribution is -0.929. The Hall–Kier alpha value is -2.31. The highest BCUT2D eigenvalue weighted by atomic mass is 32.1. The Kier molecular flexibility index (Phi) is 5.18. The quantitative estimate of drug-likeness (QED) is 0.723. The molecular formula is C21H23FN3OS+. The topological polar surface area (TPSA) is 46.4 Å². The van der Waals surface area contributed by atoms with Crippen LogP contribution in [0.4, 0.5) is 10.1 Å². The van der Waals surface area contributed by atoms with Crippen LogP contribution >= 0.6 is 11.3 Å². The average Bonchev–Trinajstić information content (AvgIpc) is 3.09. The second-order valence-corrected chi connectivity index (χ2v) is 8.23. The molecule has 0 radical (unpaired) electrons. The Morgan fingerprint density at radius 1 is 1.30 bits per heavy atom. The van der Waals surface area contributed by atoms with Crippen molar-refractivity contribution in [1.82, 2.24) is 4.98 Å². The van der Waals surface area contributed by atoms with Crippen molar-refractivity contribution in [3.05, 3.63) is 58.9 Å². The number of quaternary nitrogens is 1. The molecule has 3 aromatic rings. The van der Waals surface area contributed by atoms with Gasteiger partial charge in [-0.1, -0.05) is 18.2 Å². The standard InChI is InChI=1S/C21H22FN3OS/c1-14-9-10-15(12-16(14)22)23-20(26)13-25-11-5-4-7-18(25)21-24-17-6-2-3-8-19(17)27-21/h2-3,6,8-10,12,18H,4-5,7,11,13H2,1H3,(H,23,26)/p+1/t18-/m1/s1. The zero-order valence-electron chi connectivity index (χ0n) is 15.3. The zero-order chi connectivity index (χ0) is 18.8. The minimum atomic E-state index is -0.300. The van der Waals surface area contributed by atoms with Gasteiger partial charge in [0.1, 0.15) is 11.9 Å². The van der Waals surface area contributed by atoms with Crippen molar-refractivity contribution < 1.29 is 14.1 Å². The number of likely N-dealkylation sites (tertiary alicyclic amines) is 1. The molecular weight excluding hydrogens is 361 g/mol. The van der Waals surface area contributed by atoms with Gasteiger partial charge in [0.25, 0.3) is 5.91 Å². The van der Waals surface area contributed by atoms with Crippen molar-refractivity contribution in [2.45, 2.75) is 32.2 Å². The van der Waals surface area contributed by atoms with Gasteiger partial charge in [-0.25, -0.2) is 9.37 Å². The van der Waals surface area contributed by atoms with Crippen LogP contribution in [0.1, 0.15) is 35.9 Å². The summed E-state index contributed by atoms with van der Waals surface area (Å²) in [4.78, 5) is 18.6. The highest BCUT2D eigenvalue weighted by Gasteiger charge is 2.31. The number of carbonyl (C=O) groups excluding carboxylic acids is 1. The van der Waals surface area contributed by atoms with E-state index in [9.17, 15) is 9.18 Å². The second kappa shape index (κ2) is 7.74. The maximum atomic E-state index is 13.7. The maximum Gasteiger partial charge on any atom is 0.279 e. The summed E-state index contributed by atoms with van der Waals surface area (Å²) >= 11 is 1.73. The number of carbonyl (C=O) groups is 1. The first-order valence-electron chi connectivity index (χ1n) is 9.36. The van der Waals surface area contributed by atoms with Crippen LogP contribution in [0.5, 0.6) is 0 Å². The highest BCUT2D eigenvalue weighted by Crippen LogP contribution is 2.28. The number of rotatable bonds is 4. The van der Waals surface area contributed by atoms with Gasteiger partial charge in [0.05, 0.1) is 16.8 Å². The molecule has 2 heterocycles. The summed E-state index contributed by atoms with van der Waals surface area (Å²) in [5.41, 5.74) is 2.11. The van der Waals surface area contributed by atoms with Crippen LogP contribution in [0, 0.1) is 12.7 Å². The molecule has 27 heavy (non-hydrogen) atoms. The van der Waals surface area contributed by atoms with Crippen LogP contribution in [0.15, 0.2) is 42.5 Å². The molecule has 0 spiro atoms. The van der Waals surface area contributed by atoms with Crippen LogP contribution in [0.3, 0.4) is 0 Å². The van der Waals surface area contributed by atoms with E-state index in [0.717, 1.165) is 36.3 Å². The van der Waals surface area contributed by atoms with Crippen LogP contribution < -0.4 is 10.2 Å². The van der Waals surface area contributed by atoms with E-state index in [1.807, 2.05) is 18.2 Å². The SMILES string of the molecule is Cc1ccc(NC(=O)C[NH+]2CCCC[C@@H]2c2nc3ccccc3s2)cc1F. The van der Waals surface area contributed by atoms with E-state index in [2.05, 4.69) is 11.4 Å². The summed E-state index contributed by atoms with van der Waals surface area (Å²) in [7, 11) is 0. The van der Waals surface area contributed by atoms with Crippen molar-refractivity contribution in [2.75, 3.05) is 18.4 Å². The fraction of sp³-hybridized carbons (Fsp3) is 0.333. The summed E-state index contributed by atoms with van der Waals surface area (Å²) in [5, 5.41) is 3.95. The Morgan fingerprint density at radius 2 is 2.15 bits per heavy atom. The van der Waals surface area contributed by atoms with E-state index in [-0.39, 0.29) is 17.8 Å². The Bertz CT molecular complexity index is 938. The molecule has 1 fully saturated rings. The average molecular weight is 384 g/mol. The van der Waals surface area contributed by atoms with Crippen LogP contribution in [-0.2, 0) is 4.79 Å². The number of aryl methyl sites for hydroxylation is 1. The summed E-state index contributed by atoms with van der Waals surface area (Å²) < 4.78 is 14.9. The molecule has 140 valence electrons. The minimum Gasteiger partial charge on any atom is -0.321 e. The van der Waals surface area contributed by atoms with E-state index in [1.165, 1.54) is 15.7 Å². The summed E-state index contributed by atoms with van der Waals surface area (Å²) in [6, 6.07) is 13.2. The lowest BCUT2D eigenvalue weighted by Crippen LogP contribution is -3.14. The first-order chi connectivity index (χ1) is 13.1. The van der Waals surface area contributed by atoms with Gasteiger partial charge in [-0.15, -0.1) is 11.3 Å². The predicted octanol–water partition coefficient (Wildman–Crippen LogP) is 3.49. The van der Waals surface area contributed by atoms with E-state index in [4.69, 9.17) is 4.98 Å². The zero-order valence-corrected chi connectivity index (χ0v) is 16.1. The van der Waals surface area contributed by atoms with Crippen molar-refractivity contribution in [3.8, 4) is 0 Å². The first kappa shape index (κ1) is 18.1. The van der Waals surface area contributed by atoms with Gasteiger partial charge in [0.15, 0.2) is 11.6 Å². The van der Waals surface area contributed by atoms with Crippen molar-refractivity contribution in [3.63, 3.8) is 0 Å². The fourth-order valence-electron chi connectivity index (χ4n) is 3.71. The fourth-order valence-corrected chi connectivity index (χ4v) is 4.87. The molecule has 2 atom stereocenters. The Labute approximate surface area is 162 Å². The molecule has 2 aromatic carbocycles. The lowest BCUT2D eigenvalue weighted by Gasteiger charge is -2.30. The number of nitrogens with zero attached hydrogens (tertiary/aromatic N) is 1. The molecule has 0 saturated carbocycles. The molecule has 0 aliphatic carbocycles. The largest absolute Gasteiger partial charge is 0.321 e. The van der Waals surface area contributed by atoms with Gasteiger partial charge in [0, 0.05) is 12.1 Å². The second-order valence-electron chi connectivity index (χ2n) is 7.17. The number of nitrogens with one attached hydrogen (secondary N) is 2. The summed E-state index contributed by atoms with van der Waals surface area (Å²) in [6.45, 7) is 3.04. The van der Waals surface area contributed by atoms with Crippen molar-refractivity contribution in [2.24, 2.45) is 0 Å². The van der Waals surface area contributed by atoms with Gasteiger partial charge in [-0.3, -0.25) is 4.79 Å². The molecule has 1 unspecified atom stereocenters. The van der Waals surface area contributed by atoms with E-state index in [1.54, 1.807) is 30.4 Å². The molecule has 2 N–H and O–H groups in total. The Morgan fingerprint density at radius 3 is 2.96 bits per heavy atom. The van der Waals surface area contributed by atoms with Gasteiger partial charge in [-0.2, -0.15) is 0 Å². The molecule has 1 amide bonds. The smallest absolute Gasteiger partial charge is 0.279 e. The number of piperidine rings is 1. The number of fused-ring (bicyclic) bond motifs is 1. The summed E-state index contributed by atoms with van der Waals surface area (Å²) in [5.74, 6) is -0.383. The third kappa shape index (κ3) is 4.01. The first-order valence-corrected chi connectivity index (χ1v) is 10.2. The molecule has 6 heteroatoms. The van der Waals surface area contributed by atoms with Crippen molar-refractivity contribution in [1.29, 1.82) is 0 Å². The van der Waals surface area contributed by atoms with Crippen LogP contribution in [0.25, 0.3) is 10.2 Å². The van der Waals surface area contributed by atoms with Gasteiger partial charge in [-0.05, 0) is 49.6 Å². The predicted molar refractivity (Wildman–Crippen MR) is 107 cm³/mol. The van der Waals surface area contributed by atoms with Gasteiger partial charge >= 0.3 is 0 Å². The molecule has 4 nitrogen and oxygen atoms in total. The normalized spacial score (nSPS) is 19.9. The third-order valence-electron chi connectivity index (χ3n) is 5.19. The van der Waals surface area contributed by atoms with E-state index < -0.39 is 0 Å². The minimum absolute atomic E-state index is 0.0822. The molecule has 1 aliphatic heterocycles. The van der Waals surface area contributed by atoms with Crippen LogP contribution in [-0.4, -0.2) is 24.0 Å². The maximum absolute atomic E-state index is 13.7. The molecule has 1 aromatic heterocycles. The summed E-state index contributed by atoms with van der Waals surface area (Å²) in [6.07, 6.45) is 3.32.